The maximum absolute atomic E-state index is 12.7. The maximum atomic E-state index is 12.7. The largest absolute Gasteiger partial charge is 0.442 e. The molecule has 0 aliphatic carbocycles. The van der Waals surface area contributed by atoms with Gasteiger partial charge in [-0.25, -0.2) is 9.78 Å². The second kappa shape index (κ2) is 6.82. The molecular weight excluding hydrogens is 406 g/mol. The molecule has 1 fully saturated rings. The third-order valence-corrected chi connectivity index (χ3v) is 4.50. The standard InChI is InChI=1S/C16H20BrN5O4/c1-16(2,3)26-15(25)22-13-11(12(17)19-22)14(24)21(9-18-13)8-10(23)20-6-4-5-7-20/h9H,4-8H2,1-3H3. The minimum absolute atomic E-state index is 0.0843. The number of amides is 1. The highest BCUT2D eigenvalue weighted by atomic mass is 79.9. The summed E-state index contributed by atoms with van der Waals surface area (Å²) in [7, 11) is 0. The Hall–Kier alpha value is -2.23. The molecule has 9 nitrogen and oxygen atoms in total. The fourth-order valence-corrected chi connectivity index (χ4v) is 3.27. The van der Waals surface area contributed by atoms with E-state index in [2.05, 4.69) is 26.0 Å². The van der Waals surface area contributed by atoms with Gasteiger partial charge >= 0.3 is 6.09 Å². The van der Waals surface area contributed by atoms with Gasteiger partial charge in [-0.15, -0.1) is 4.68 Å². The van der Waals surface area contributed by atoms with E-state index >= 15 is 0 Å². The van der Waals surface area contributed by atoms with Crippen LogP contribution in [0, 0.1) is 0 Å². The molecule has 0 N–H and O–H groups in total. The van der Waals surface area contributed by atoms with Crippen molar-refractivity contribution in [2.75, 3.05) is 13.1 Å². The summed E-state index contributed by atoms with van der Waals surface area (Å²) in [4.78, 5) is 43.2. The summed E-state index contributed by atoms with van der Waals surface area (Å²) in [6.07, 6.45) is 2.48. The lowest BCUT2D eigenvalue weighted by atomic mass is 10.2. The third kappa shape index (κ3) is 3.64. The lowest BCUT2D eigenvalue weighted by molar-refractivity contribution is -0.130. The van der Waals surface area contributed by atoms with Gasteiger partial charge in [0.2, 0.25) is 5.91 Å². The van der Waals surface area contributed by atoms with Crippen LogP contribution in [0.25, 0.3) is 11.0 Å². The smallest absolute Gasteiger partial charge is 0.437 e. The van der Waals surface area contributed by atoms with Crippen molar-refractivity contribution in [1.29, 1.82) is 0 Å². The van der Waals surface area contributed by atoms with Crippen LogP contribution in [0.1, 0.15) is 33.6 Å². The molecule has 3 rings (SSSR count). The minimum Gasteiger partial charge on any atom is -0.442 e. The van der Waals surface area contributed by atoms with E-state index in [1.54, 1.807) is 25.7 Å². The van der Waals surface area contributed by atoms with Crippen molar-refractivity contribution in [2.24, 2.45) is 0 Å². The fourth-order valence-electron chi connectivity index (χ4n) is 2.76. The van der Waals surface area contributed by atoms with Crippen LogP contribution in [-0.2, 0) is 16.1 Å². The average Bonchev–Trinajstić information content (AvgIpc) is 3.16. The summed E-state index contributed by atoms with van der Waals surface area (Å²) in [5.74, 6) is -0.124. The van der Waals surface area contributed by atoms with Gasteiger partial charge in [0.05, 0.1) is 0 Å². The molecule has 3 heterocycles. The molecule has 0 aromatic carbocycles. The van der Waals surface area contributed by atoms with Gasteiger partial charge in [-0.3, -0.25) is 14.2 Å². The van der Waals surface area contributed by atoms with Crippen LogP contribution < -0.4 is 5.56 Å². The molecule has 140 valence electrons. The van der Waals surface area contributed by atoms with Gasteiger partial charge < -0.3 is 9.64 Å². The van der Waals surface area contributed by atoms with Gasteiger partial charge in [-0.1, -0.05) is 0 Å². The average molecular weight is 426 g/mol. The Labute approximate surface area is 158 Å². The number of carbonyl (C=O) groups is 2. The molecule has 1 aliphatic heterocycles. The second-order valence-corrected chi connectivity index (χ2v) is 7.90. The molecule has 0 unspecified atom stereocenters. The molecule has 0 spiro atoms. The van der Waals surface area contributed by atoms with Crippen molar-refractivity contribution in [2.45, 2.75) is 45.8 Å². The molecule has 10 heteroatoms. The molecule has 0 radical (unpaired) electrons. The Kier molecular flexibility index (Phi) is 4.87. The van der Waals surface area contributed by atoms with E-state index in [-0.39, 0.29) is 28.1 Å². The Morgan fingerprint density at radius 2 is 1.92 bits per heavy atom. The molecule has 1 saturated heterocycles. The molecule has 0 saturated carbocycles. The van der Waals surface area contributed by atoms with Crippen LogP contribution in [0.4, 0.5) is 4.79 Å². The van der Waals surface area contributed by atoms with E-state index in [1.165, 1.54) is 10.9 Å². The van der Waals surface area contributed by atoms with Crippen LogP contribution in [0.3, 0.4) is 0 Å². The molecule has 2 aromatic rings. The van der Waals surface area contributed by atoms with E-state index in [4.69, 9.17) is 4.74 Å². The van der Waals surface area contributed by atoms with Gasteiger partial charge in [0.1, 0.15) is 28.5 Å². The van der Waals surface area contributed by atoms with Crippen LogP contribution in [0.15, 0.2) is 15.7 Å². The first kappa shape index (κ1) is 18.6. The minimum atomic E-state index is -0.731. The molecule has 0 atom stereocenters. The first-order valence-corrected chi connectivity index (χ1v) is 9.11. The van der Waals surface area contributed by atoms with E-state index in [0.717, 1.165) is 17.5 Å². The van der Waals surface area contributed by atoms with E-state index in [9.17, 15) is 14.4 Å². The molecule has 2 aromatic heterocycles. The number of aromatic nitrogens is 4. The van der Waals surface area contributed by atoms with Crippen molar-refractivity contribution >= 4 is 39.0 Å². The van der Waals surface area contributed by atoms with Gasteiger partial charge in [0.15, 0.2) is 5.65 Å². The fraction of sp³-hybridized carbons (Fsp3) is 0.562. The molecular formula is C16H20BrN5O4. The summed E-state index contributed by atoms with van der Waals surface area (Å²) in [6, 6.07) is 0. The van der Waals surface area contributed by atoms with E-state index < -0.39 is 17.3 Å². The number of hydrogen-bond acceptors (Lipinski definition) is 6. The van der Waals surface area contributed by atoms with E-state index in [1.807, 2.05) is 0 Å². The number of rotatable bonds is 2. The van der Waals surface area contributed by atoms with Crippen molar-refractivity contribution in [3.8, 4) is 0 Å². The van der Waals surface area contributed by atoms with Gasteiger partial charge in [-0.05, 0) is 49.5 Å². The number of likely N-dealkylation sites (tertiary alicyclic amines) is 1. The lowest BCUT2D eigenvalue weighted by Gasteiger charge is -2.19. The zero-order valence-electron chi connectivity index (χ0n) is 14.9. The highest BCUT2D eigenvalue weighted by Crippen LogP contribution is 2.19. The Balaban J connectivity index is 1.94. The topological polar surface area (TPSA) is 99.3 Å². The summed E-state index contributed by atoms with van der Waals surface area (Å²) in [5.41, 5.74) is -1.07. The predicted octanol–water partition coefficient (Wildman–Crippen LogP) is 1.76. The monoisotopic (exact) mass is 425 g/mol. The molecule has 0 bridgehead atoms. The molecule has 1 aliphatic rings. The zero-order chi connectivity index (χ0) is 19.1. The van der Waals surface area contributed by atoms with Crippen molar-refractivity contribution in [1.82, 2.24) is 24.2 Å². The van der Waals surface area contributed by atoms with Crippen LogP contribution >= 0.6 is 15.9 Å². The number of hydrogen-bond donors (Lipinski definition) is 0. The number of nitrogens with zero attached hydrogens (tertiary/aromatic N) is 5. The number of halogens is 1. The van der Waals surface area contributed by atoms with Gasteiger partial charge in [0, 0.05) is 13.1 Å². The number of ether oxygens (including phenoxy) is 1. The normalized spacial score (nSPS) is 14.8. The summed E-state index contributed by atoms with van der Waals surface area (Å²) < 4.78 is 7.63. The lowest BCUT2D eigenvalue weighted by Crippen LogP contribution is -2.34. The summed E-state index contributed by atoms with van der Waals surface area (Å²) in [6.45, 7) is 6.53. The summed E-state index contributed by atoms with van der Waals surface area (Å²) in [5, 5.41) is 4.15. The Morgan fingerprint density at radius 3 is 2.54 bits per heavy atom. The molecule has 26 heavy (non-hydrogen) atoms. The Morgan fingerprint density at radius 1 is 1.27 bits per heavy atom. The third-order valence-electron chi connectivity index (χ3n) is 3.94. The van der Waals surface area contributed by atoms with Crippen LogP contribution in [0.5, 0.6) is 0 Å². The first-order valence-electron chi connectivity index (χ1n) is 8.32. The van der Waals surface area contributed by atoms with Gasteiger partial charge in [0.25, 0.3) is 5.56 Å². The second-order valence-electron chi connectivity index (χ2n) is 7.15. The summed E-state index contributed by atoms with van der Waals surface area (Å²) >= 11 is 3.19. The predicted molar refractivity (Wildman–Crippen MR) is 96.9 cm³/mol. The van der Waals surface area contributed by atoms with Crippen LogP contribution in [0.2, 0.25) is 0 Å². The first-order chi connectivity index (χ1) is 12.2. The number of fused-ring (bicyclic) bond motifs is 1. The SMILES string of the molecule is CC(C)(C)OC(=O)n1nc(Br)c2c(=O)n(CC(=O)N3CCCC3)cnc21. The highest BCUT2D eigenvalue weighted by Gasteiger charge is 2.25. The van der Waals surface area contributed by atoms with Crippen molar-refractivity contribution < 1.29 is 14.3 Å². The van der Waals surface area contributed by atoms with Crippen LogP contribution in [-0.4, -0.2) is 54.9 Å². The highest BCUT2D eigenvalue weighted by molar-refractivity contribution is 9.10. The van der Waals surface area contributed by atoms with E-state index in [0.29, 0.717) is 13.1 Å². The van der Waals surface area contributed by atoms with Gasteiger partial charge in [-0.2, -0.15) is 5.10 Å². The van der Waals surface area contributed by atoms with Crippen molar-refractivity contribution in [3.63, 3.8) is 0 Å². The quantitative estimate of drug-likeness (QED) is 0.726. The molecule has 1 amide bonds. The number of carbonyl (C=O) groups excluding carboxylic acids is 2. The maximum Gasteiger partial charge on any atom is 0.437 e. The zero-order valence-corrected chi connectivity index (χ0v) is 16.4. The Bertz CT molecular complexity index is 921. The van der Waals surface area contributed by atoms with Crippen molar-refractivity contribution in [3.05, 3.63) is 21.3 Å².